The number of nitrogens with one attached hydrogen (secondary N) is 1. The Labute approximate surface area is 101 Å². The standard InChI is InChI=1S/C11H11F3N2O2/c1-3-15-9-7(6(2)10(17)18)4-5-8(16-9)11(12,13)14/h4-5H,2-3H2,1H3,(H,15,16)(H,17,18). The van der Waals surface area contributed by atoms with Crippen molar-refractivity contribution in [2.24, 2.45) is 0 Å². The predicted octanol–water partition coefficient (Wildman–Crippen LogP) is 2.63. The number of anilines is 1. The van der Waals surface area contributed by atoms with E-state index in [2.05, 4.69) is 16.9 Å². The molecule has 0 aromatic carbocycles. The minimum Gasteiger partial charge on any atom is -0.478 e. The fraction of sp³-hybridized carbons (Fsp3) is 0.273. The van der Waals surface area contributed by atoms with E-state index in [0.717, 1.165) is 12.1 Å². The highest BCUT2D eigenvalue weighted by atomic mass is 19.4. The summed E-state index contributed by atoms with van der Waals surface area (Å²) in [7, 11) is 0. The van der Waals surface area contributed by atoms with Crippen LogP contribution in [-0.4, -0.2) is 22.6 Å². The highest BCUT2D eigenvalue weighted by molar-refractivity contribution is 6.15. The van der Waals surface area contributed by atoms with Gasteiger partial charge in [-0.1, -0.05) is 6.58 Å². The maximum absolute atomic E-state index is 12.5. The molecule has 1 aromatic rings. The second-order valence-electron chi connectivity index (χ2n) is 3.40. The van der Waals surface area contributed by atoms with Crippen LogP contribution in [0.5, 0.6) is 0 Å². The van der Waals surface area contributed by atoms with Crippen LogP contribution in [0.2, 0.25) is 0 Å². The maximum Gasteiger partial charge on any atom is 0.433 e. The van der Waals surface area contributed by atoms with E-state index in [1.165, 1.54) is 0 Å². The lowest BCUT2D eigenvalue weighted by Gasteiger charge is -2.13. The Morgan fingerprint density at radius 3 is 2.56 bits per heavy atom. The quantitative estimate of drug-likeness (QED) is 0.817. The van der Waals surface area contributed by atoms with Gasteiger partial charge >= 0.3 is 12.1 Å². The molecular weight excluding hydrogens is 249 g/mol. The number of hydrogen-bond donors (Lipinski definition) is 2. The molecule has 0 fully saturated rings. The normalized spacial score (nSPS) is 11.1. The molecule has 7 heteroatoms. The molecule has 0 atom stereocenters. The molecule has 4 nitrogen and oxygen atoms in total. The van der Waals surface area contributed by atoms with Crippen molar-refractivity contribution in [2.75, 3.05) is 11.9 Å². The van der Waals surface area contributed by atoms with Crippen molar-refractivity contribution in [3.63, 3.8) is 0 Å². The largest absolute Gasteiger partial charge is 0.478 e. The van der Waals surface area contributed by atoms with Crippen molar-refractivity contribution in [3.8, 4) is 0 Å². The molecule has 0 spiro atoms. The molecule has 98 valence electrons. The third kappa shape index (κ3) is 2.99. The fourth-order valence-electron chi connectivity index (χ4n) is 1.28. The summed E-state index contributed by atoms with van der Waals surface area (Å²) in [4.78, 5) is 14.1. The zero-order valence-electron chi connectivity index (χ0n) is 9.51. The molecule has 0 amide bonds. The summed E-state index contributed by atoms with van der Waals surface area (Å²) in [5, 5.41) is 11.4. The minimum absolute atomic E-state index is 0.0392. The van der Waals surface area contributed by atoms with Crippen molar-refractivity contribution >= 4 is 17.4 Å². The molecule has 0 aliphatic heterocycles. The summed E-state index contributed by atoms with van der Waals surface area (Å²) in [6, 6.07) is 1.77. The van der Waals surface area contributed by atoms with Gasteiger partial charge in [-0.25, -0.2) is 9.78 Å². The van der Waals surface area contributed by atoms with Crippen LogP contribution in [0.15, 0.2) is 18.7 Å². The zero-order valence-corrected chi connectivity index (χ0v) is 9.51. The van der Waals surface area contributed by atoms with Crippen molar-refractivity contribution in [1.29, 1.82) is 0 Å². The average molecular weight is 260 g/mol. The van der Waals surface area contributed by atoms with Gasteiger partial charge in [0.15, 0.2) is 0 Å². The van der Waals surface area contributed by atoms with E-state index in [9.17, 15) is 18.0 Å². The maximum atomic E-state index is 12.5. The van der Waals surface area contributed by atoms with Crippen LogP contribution in [0.1, 0.15) is 18.2 Å². The zero-order chi connectivity index (χ0) is 13.9. The highest BCUT2D eigenvalue weighted by Crippen LogP contribution is 2.31. The monoisotopic (exact) mass is 260 g/mol. The van der Waals surface area contributed by atoms with Crippen LogP contribution in [0, 0.1) is 0 Å². The molecule has 1 rings (SSSR count). The average Bonchev–Trinajstić information content (AvgIpc) is 2.27. The van der Waals surface area contributed by atoms with E-state index >= 15 is 0 Å². The molecule has 0 aliphatic carbocycles. The molecule has 0 saturated carbocycles. The van der Waals surface area contributed by atoms with Gasteiger partial charge in [0.05, 0.1) is 5.57 Å². The predicted molar refractivity (Wildman–Crippen MR) is 60.1 cm³/mol. The summed E-state index contributed by atoms with van der Waals surface area (Å²) < 4.78 is 37.4. The van der Waals surface area contributed by atoms with Crippen molar-refractivity contribution in [3.05, 3.63) is 30.0 Å². The molecule has 2 N–H and O–H groups in total. The SMILES string of the molecule is C=C(C(=O)O)c1ccc(C(F)(F)F)nc1NCC. The number of aromatic nitrogens is 1. The van der Waals surface area contributed by atoms with Gasteiger partial charge in [0, 0.05) is 12.1 Å². The number of carbonyl (C=O) groups is 1. The Hall–Kier alpha value is -2.05. The van der Waals surface area contributed by atoms with Crippen LogP contribution < -0.4 is 5.32 Å². The first-order valence-electron chi connectivity index (χ1n) is 5.02. The summed E-state index contributed by atoms with van der Waals surface area (Å²) in [6.07, 6.45) is -4.58. The van der Waals surface area contributed by atoms with E-state index in [1.54, 1.807) is 6.92 Å². The molecule has 1 heterocycles. The summed E-state index contributed by atoms with van der Waals surface area (Å²) in [5.41, 5.74) is -1.36. The van der Waals surface area contributed by atoms with E-state index in [4.69, 9.17) is 5.11 Å². The first-order chi connectivity index (χ1) is 8.27. The smallest absolute Gasteiger partial charge is 0.433 e. The summed E-state index contributed by atoms with van der Waals surface area (Å²) >= 11 is 0. The molecule has 0 bridgehead atoms. The number of rotatable bonds is 4. The van der Waals surface area contributed by atoms with Crippen LogP contribution >= 0.6 is 0 Å². The Morgan fingerprint density at radius 2 is 2.11 bits per heavy atom. The number of hydrogen-bond acceptors (Lipinski definition) is 3. The van der Waals surface area contributed by atoms with Gasteiger partial charge in [-0.15, -0.1) is 0 Å². The van der Waals surface area contributed by atoms with Gasteiger partial charge in [0.2, 0.25) is 0 Å². The number of carboxylic acid groups (broad SMARTS) is 1. The first kappa shape index (κ1) is 14.0. The van der Waals surface area contributed by atoms with Crippen LogP contribution in [0.3, 0.4) is 0 Å². The number of nitrogens with zero attached hydrogens (tertiary/aromatic N) is 1. The molecule has 0 aliphatic rings. The molecular formula is C11H11F3N2O2. The number of pyridine rings is 1. The molecule has 0 saturated heterocycles. The second kappa shape index (κ2) is 5.07. The third-order valence-electron chi connectivity index (χ3n) is 2.11. The number of halogens is 3. The van der Waals surface area contributed by atoms with E-state index < -0.39 is 17.8 Å². The summed E-state index contributed by atoms with van der Waals surface area (Å²) in [5.74, 6) is -1.45. The topological polar surface area (TPSA) is 62.2 Å². The number of carboxylic acids is 1. The highest BCUT2D eigenvalue weighted by Gasteiger charge is 2.33. The van der Waals surface area contributed by atoms with Crippen LogP contribution in [0.4, 0.5) is 19.0 Å². The van der Waals surface area contributed by atoms with Gasteiger partial charge < -0.3 is 10.4 Å². The Morgan fingerprint density at radius 1 is 1.50 bits per heavy atom. The van der Waals surface area contributed by atoms with E-state index in [1.807, 2.05) is 0 Å². The van der Waals surface area contributed by atoms with Gasteiger partial charge in [0.25, 0.3) is 0 Å². The lowest BCUT2D eigenvalue weighted by Crippen LogP contribution is -2.13. The number of aliphatic carboxylic acids is 1. The van der Waals surface area contributed by atoms with Gasteiger partial charge in [-0.05, 0) is 19.1 Å². The van der Waals surface area contributed by atoms with Crippen LogP contribution in [0.25, 0.3) is 5.57 Å². The van der Waals surface area contributed by atoms with Crippen molar-refractivity contribution < 1.29 is 23.1 Å². The Kier molecular flexibility index (Phi) is 3.95. The fourth-order valence-corrected chi connectivity index (χ4v) is 1.28. The number of alkyl halides is 3. The third-order valence-corrected chi connectivity index (χ3v) is 2.11. The Balaban J connectivity index is 3.29. The molecule has 0 unspecified atom stereocenters. The Bertz CT molecular complexity index is 484. The molecule has 18 heavy (non-hydrogen) atoms. The van der Waals surface area contributed by atoms with Crippen LogP contribution in [-0.2, 0) is 11.0 Å². The molecule has 1 aromatic heterocycles. The lowest BCUT2D eigenvalue weighted by atomic mass is 10.1. The first-order valence-corrected chi connectivity index (χ1v) is 5.02. The van der Waals surface area contributed by atoms with E-state index in [0.29, 0.717) is 6.54 Å². The minimum atomic E-state index is -4.58. The van der Waals surface area contributed by atoms with Gasteiger partial charge in [-0.3, -0.25) is 0 Å². The van der Waals surface area contributed by atoms with Gasteiger partial charge in [-0.2, -0.15) is 13.2 Å². The van der Waals surface area contributed by atoms with Gasteiger partial charge in [0.1, 0.15) is 11.5 Å². The molecule has 0 radical (unpaired) electrons. The van der Waals surface area contributed by atoms with Crippen molar-refractivity contribution in [2.45, 2.75) is 13.1 Å². The lowest BCUT2D eigenvalue weighted by molar-refractivity contribution is -0.141. The van der Waals surface area contributed by atoms with E-state index in [-0.39, 0.29) is 17.0 Å². The van der Waals surface area contributed by atoms with Crippen molar-refractivity contribution in [1.82, 2.24) is 4.98 Å². The second-order valence-corrected chi connectivity index (χ2v) is 3.40. The summed E-state index contributed by atoms with van der Waals surface area (Å²) in [6.45, 7) is 5.27.